The first-order chi connectivity index (χ1) is 7.78. The van der Waals surface area contributed by atoms with Gasteiger partial charge in [0.2, 0.25) is 0 Å². The maximum Gasteiger partial charge on any atom is 0.415 e. The fourth-order valence-corrected chi connectivity index (χ4v) is 1.43. The van der Waals surface area contributed by atoms with Crippen LogP contribution in [0.4, 0.5) is 4.79 Å². The van der Waals surface area contributed by atoms with E-state index >= 15 is 0 Å². The van der Waals surface area contributed by atoms with Crippen LogP contribution in [0.1, 0.15) is 40.0 Å². The Morgan fingerprint density at radius 1 is 1.41 bits per heavy atom. The molecule has 1 N–H and O–H groups in total. The third kappa shape index (κ3) is 4.84. The monoisotopic (exact) mass is 243 g/mol. The molecule has 0 bridgehead atoms. The Bertz CT molecular complexity index is 331. The van der Waals surface area contributed by atoms with Gasteiger partial charge in [0, 0.05) is 6.42 Å². The zero-order valence-electron chi connectivity index (χ0n) is 10.2. The third-order valence-electron chi connectivity index (χ3n) is 2.06. The summed E-state index contributed by atoms with van der Waals surface area (Å²) < 4.78 is 9.41. The molecule has 1 amide bonds. The molecule has 96 valence electrons. The summed E-state index contributed by atoms with van der Waals surface area (Å²) in [5.41, 5.74) is -0.502. The van der Waals surface area contributed by atoms with Crippen LogP contribution in [0, 0.1) is 0 Å². The minimum Gasteiger partial charge on any atom is -0.460 e. The van der Waals surface area contributed by atoms with E-state index in [0.29, 0.717) is 12.8 Å². The second kappa shape index (κ2) is 5.16. The molecule has 1 aliphatic rings. The number of hydrogen-bond acceptors (Lipinski definition) is 5. The van der Waals surface area contributed by atoms with Gasteiger partial charge in [-0.25, -0.2) is 9.59 Å². The molecular weight excluding hydrogens is 226 g/mol. The number of alkyl carbamates (subject to hydrolysis) is 1. The summed E-state index contributed by atoms with van der Waals surface area (Å²) in [7, 11) is 0. The van der Waals surface area contributed by atoms with Gasteiger partial charge in [0.05, 0.1) is 0 Å². The quantitative estimate of drug-likeness (QED) is 0.591. The van der Waals surface area contributed by atoms with Gasteiger partial charge in [-0.3, -0.25) is 4.79 Å². The average molecular weight is 243 g/mol. The molecule has 6 nitrogen and oxygen atoms in total. The van der Waals surface area contributed by atoms with Crippen molar-refractivity contribution in [2.45, 2.75) is 51.7 Å². The average Bonchev–Trinajstić information content (AvgIpc) is 2.42. The molecule has 0 radical (unpaired) electrons. The number of carbonyl (C=O) groups is 3. The van der Waals surface area contributed by atoms with Crippen molar-refractivity contribution < 1.29 is 23.9 Å². The topological polar surface area (TPSA) is 81.7 Å². The molecule has 0 aliphatic carbocycles. The lowest BCUT2D eigenvalue weighted by molar-refractivity contribution is -0.155. The van der Waals surface area contributed by atoms with Crippen molar-refractivity contribution in [1.82, 2.24) is 5.32 Å². The Kier molecular flexibility index (Phi) is 4.09. The smallest absolute Gasteiger partial charge is 0.415 e. The molecule has 0 spiro atoms. The minimum atomic E-state index is -0.725. The zero-order chi connectivity index (χ0) is 13.1. The highest BCUT2D eigenvalue weighted by Crippen LogP contribution is 2.12. The van der Waals surface area contributed by atoms with E-state index in [1.807, 2.05) is 0 Å². The van der Waals surface area contributed by atoms with Crippen LogP contribution in [0.2, 0.25) is 0 Å². The van der Waals surface area contributed by atoms with Gasteiger partial charge in [-0.05, 0) is 33.6 Å². The predicted octanol–water partition coefficient (Wildman–Crippen LogP) is 1.13. The van der Waals surface area contributed by atoms with Gasteiger partial charge < -0.3 is 14.8 Å². The summed E-state index contributed by atoms with van der Waals surface area (Å²) in [5, 5.41) is 2.36. The molecule has 0 aromatic rings. The van der Waals surface area contributed by atoms with Crippen LogP contribution >= 0.6 is 0 Å². The molecule has 1 saturated heterocycles. The summed E-state index contributed by atoms with van der Waals surface area (Å²) in [4.78, 5) is 33.1. The van der Waals surface area contributed by atoms with Crippen LogP contribution in [-0.2, 0) is 19.1 Å². The first-order valence-electron chi connectivity index (χ1n) is 5.52. The lowest BCUT2D eigenvalue weighted by Gasteiger charge is -2.19. The van der Waals surface area contributed by atoms with Crippen LogP contribution < -0.4 is 5.32 Å². The molecule has 0 saturated carbocycles. The number of rotatable bonds is 4. The van der Waals surface area contributed by atoms with E-state index in [1.54, 1.807) is 20.8 Å². The second-order valence-electron chi connectivity index (χ2n) is 4.88. The molecule has 0 aromatic carbocycles. The van der Waals surface area contributed by atoms with Crippen molar-refractivity contribution in [2.24, 2.45) is 0 Å². The Balaban J connectivity index is 2.22. The molecule has 1 atom stereocenters. The van der Waals surface area contributed by atoms with E-state index in [-0.39, 0.29) is 12.4 Å². The molecule has 1 aliphatic heterocycles. The fourth-order valence-electron chi connectivity index (χ4n) is 1.43. The van der Waals surface area contributed by atoms with Crippen molar-refractivity contribution in [3.05, 3.63) is 0 Å². The number of amides is 1. The van der Waals surface area contributed by atoms with Gasteiger partial charge in [-0.2, -0.15) is 0 Å². The maximum atomic E-state index is 11.4. The van der Waals surface area contributed by atoms with Gasteiger partial charge in [-0.1, -0.05) is 0 Å². The van der Waals surface area contributed by atoms with E-state index in [0.717, 1.165) is 0 Å². The highest BCUT2D eigenvalue weighted by atomic mass is 16.6. The molecule has 1 rings (SSSR count). The van der Waals surface area contributed by atoms with Crippen molar-refractivity contribution in [3.8, 4) is 0 Å². The number of carbonyl (C=O) groups excluding carboxylic acids is 3. The molecular formula is C11H17NO5. The zero-order valence-corrected chi connectivity index (χ0v) is 10.2. The highest BCUT2D eigenvalue weighted by molar-refractivity contribution is 5.95. The molecule has 17 heavy (non-hydrogen) atoms. The number of cyclic esters (lactones) is 2. The Labute approximate surface area is 99.6 Å². The third-order valence-corrected chi connectivity index (χ3v) is 2.06. The Morgan fingerprint density at radius 2 is 2.06 bits per heavy atom. The van der Waals surface area contributed by atoms with Gasteiger partial charge in [0.25, 0.3) is 0 Å². The van der Waals surface area contributed by atoms with Crippen molar-refractivity contribution in [2.75, 3.05) is 0 Å². The summed E-state index contributed by atoms with van der Waals surface area (Å²) in [5.74, 6) is -0.894. The van der Waals surface area contributed by atoms with Crippen LogP contribution in [-0.4, -0.2) is 29.7 Å². The summed E-state index contributed by atoms with van der Waals surface area (Å²) in [6.45, 7) is 5.37. The van der Waals surface area contributed by atoms with E-state index in [1.165, 1.54) is 0 Å². The number of esters is 2. The van der Waals surface area contributed by atoms with Gasteiger partial charge in [0.15, 0.2) is 0 Å². The normalized spacial score (nSPS) is 19.8. The van der Waals surface area contributed by atoms with E-state index in [4.69, 9.17) is 4.74 Å². The summed E-state index contributed by atoms with van der Waals surface area (Å²) in [6, 6.07) is -0.634. The maximum absolute atomic E-state index is 11.4. The van der Waals surface area contributed by atoms with Gasteiger partial charge in [-0.15, -0.1) is 0 Å². The first kappa shape index (κ1) is 13.5. The molecule has 6 heteroatoms. The van der Waals surface area contributed by atoms with Crippen molar-refractivity contribution in [3.63, 3.8) is 0 Å². The molecule has 1 fully saturated rings. The Hall–Kier alpha value is -1.59. The van der Waals surface area contributed by atoms with Gasteiger partial charge in [0.1, 0.15) is 11.6 Å². The summed E-state index contributed by atoms with van der Waals surface area (Å²) >= 11 is 0. The standard InChI is InChI=1S/C11H17NO5/c1-11(2,3)17-8(13)6-4-5-7-9(14)16-10(15)12-7/h7H,4-6H2,1-3H3,(H,12,15)/t7-/m0/s1. The van der Waals surface area contributed by atoms with Crippen LogP contribution in [0.3, 0.4) is 0 Å². The van der Waals surface area contributed by atoms with Gasteiger partial charge >= 0.3 is 18.0 Å². The van der Waals surface area contributed by atoms with Crippen molar-refractivity contribution >= 4 is 18.0 Å². The predicted molar refractivity (Wildman–Crippen MR) is 58.1 cm³/mol. The first-order valence-corrected chi connectivity index (χ1v) is 5.52. The number of hydrogen-bond donors (Lipinski definition) is 1. The van der Waals surface area contributed by atoms with E-state index in [2.05, 4.69) is 10.1 Å². The molecule has 0 aromatic heterocycles. The molecule has 0 unspecified atom stereocenters. The Morgan fingerprint density at radius 3 is 2.53 bits per heavy atom. The SMILES string of the molecule is CC(C)(C)OC(=O)CCC[C@@H]1NC(=O)OC1=O. The summed E-state index contributed by atoms with van der Waals surface area (Å²) in [6.07, 6.45) is 0.340. The van der Waals surface area contributed by atoms with Crippen LogP contribution in [0.25, 0.3) is 0 Å². The van der Waals surface area contributed by atoms with Crippen LogP contribution in [0.15, 0.2) is 0 Å². The molecule has 1 heterocycles. The lowest BCUT2D eigenvalue weighted by Crippen LogP contribution is -2.29. The van der Waals surface area contributed by atoms with Crippen LogP contribution in [0.5, 0.6) is 0 Å². The lowest BCUT2D eigenvalue weighted by atomic mass is 10.1. The van der Waals surface area contributed by atoms with E-state index < -0.39 is 23.7 Å². The van der Waals surface area contributed by atoms with E-state index in [9.17, 15) is 14.4 Å². The number of ether oxygens (including phenoxy) is 2. The fraction of sp³-hybridized carbons (Fsp3) is 0.727. The minimum absolute atomic E-state index is 0.219. The number of nitrogens with one attached hydrogen (secondary N) is 1. The largest absolute Gasteiger partial charge is 0.460 e. The second-order valence-corrected chi connectivity index (χ2v) is 4.88. The highest BCUT2D eigenvalue weighted by Gasteiger charge is 2.31. The van der Waals surface area contributed by atoms with Crippen molar-refractivity contribution in [1.29, 1.82) is 0 Å².